The van der Waals surface area contributed by atoms with Crippen molar-refractivity contribution in [1.82, 2.24) is 5.32 Å². The molecule has 0 bridgehead atoms. The van der Waals surface area contributed by atoms with E-state index >= 15 is 0 Å². The van der Waals surface area contributed by atoms with E-state index in [9.17, 15) is 27.6 Å². The molecule has 0 radical (unpaired) electrons. The van der Waals surface area contributed by atoms with Gasteiger partial charge in [0.1, 0.15) is 6.04 Å². The molecule has 5 nitrogen and oxygen atoms in total. The Morgan fingerprint density at radius 3 is 2.23 bits per heavy atom. The van der Waals surface area contributed by atoms with Crippen LogP contribution in [0, 0.1) is 0 Å². The molecule has 0 aliphatic rings. The zero-order valence-corrected chi connectivity index (χ0v) is 12.1. The summed E-state index contributed by atoms with van der Waals surface area (Å²) in [6.45, 7) is 0. The molecule has 0 aromatic heterocycles. The van der Waals surface area contributed by atoms with Crippen LogP contribution >= 0.6 is 23.2 Å². The lowest BCUT2D eigenvalue weighted by Gasteiger charge is -2.15. The maximum Gasteiger partial charge on any atom is 0.471 e. The third kappa shape index (κ3) is 4.88. The van der Waals surface area contributed by atoms with Gasteiger partial charge >= 0.3 is 18.1 Å². The van der Waals surface area contributed by atoms with Gasteiger partial charge in [-0.15, -0.1) is 0 Å². The van der Waals surface area contributed by atoms with Gasteiger partial charge in [-0.2, -0.15) is 13.2 Å². The molecule has 0 saturated carbocycles. The molecule has 1 aromatic carbocycles. The molecular weight excluding hydrogens is 350 g/mol. The Labute approximate surface area is 132 Å². The number of hydrogen-bond donors (Lipinski definition) is 2. The van der Waals surface area contributed by atoms with Gasteiger partial charge in [-0.3, -0.25) is 9.59 Å². The molecule has 22 heavy (non-hydrogen) atoms. The Bertz CT molecular complexity index is 619. The minimum atomic E-state index is -5.25. The first-order chi connectivity index (χ1) is 10.0. The fourth-order valence-corrected chi connectivity index (χ4v) is 1.71. The standard InChI is InChI=1S/C12H8Cl2F3NO4/c13-6-2-1-5(3-7(6)14)9(19)4-8(10(20)21)18-11(22)12(15,16)17/h1-3,8H,4H2,(H,18,22)(H,20,21)/t8-/m1/s1. The minimum absolute atomic E-state index is 0.0266. The summed E-state index contributed by atoms with van der Waals surface area (Å²) in [5, 5.41) is 10.2. The number of carbonyl (C=O) groups is 3. The van der Waals surface area contributed by atoms with Gasteiger partial charge in [0.25, 0.3) is 0 Å². The van der Waals surface area contributed by atoms with Crippen LogP contribution in [0.1, 0.15) is 16.8 Å². The molecule has 0 heterocycles. The average Bonchev–Trinajstić information content (AvgIpc) is 2.39. The lowest BCUT2D eigenvalue weighted by Crippen LogP contribution is -2.47. The number of aliphatic carboxylic acids is 1. The molecule has 0 spiro atoms. The van der Waals surface area contributed by atoms with Gasteiger partial charge in [-0.1, -0.05) is 23.2 Å². The first-order valence-electron chi connectivity index (χ1n) is 5.61. The highest BCUT2D eigenvalue weighted by molar-refractivity contribution is 6.42. The number of benzene rings is 1. The van der Waals surface area contributed by atoms with Crippen molar-refractivity contribution >= 4 is 40.9 Å². The summed E-state index contributed by atoms with van der Waals surface area (Å²) >= 11 is 11.3. The molecule has 2 N–H and O–H groups in total. The van der Waals surface area contributed by atoms with Crippen LogP contribution in [0.25, 0.3) is 0 Å². The Kier molecular flexibility index (Phi) is 5.78. The number of amides is 1. The average molecular weight is 358 g/mol. The summed E-state index contributed by atoms with van der Waals surface area (Å²) < 4.78 is 36.3. The summed E-state index contributed by atoms with van der Waals surface area (Å²) in [5.41, 5.74) is -0.0399. The van der Waals surface area contributed by atoms with Gasteiger partial charge in [0.05, 0.1) is 10.0 Å². The fraction of sp³-hybridized carbons (Fsp3) is 0.250. The second-order valence-corrected chi connectivity index (χ2v) is 4.93. The number of carboxylic acids is 1. The van der Waals surface area contributed by atoms with Gasteiger partial charge in [0, 0.05) is 12.0 Å². The van der Waals surface area contributed by atoms with Gasteiger partial charge in [0.15, 0.2) is 5.78 Å². The lowest BCUT2D eigenvalue weighted by atomic mass is 10.0. The van der Waals surface area contributed by atoms with Crippen molar-refractivity contribution in [3.8, 4) is 0 Å². The van der Waals surface area contributed by atoms with Crippen LogP contribution in [0.3, 0.4) is 0 Å². The summed E-state index contributed by atoms with van der Waals surface area (Å²) in [4.78, 5) is 33.5. The number of hydrogen-bond acceptors (Lipinski definition) is 3. The first-order valence-corrected chi connectivity index (χ1v) is 6.36. The maximum absolute atomic E-state index is 12.1. The molecule has 1 rings (SSSR count). The molecule has 1 aromatic rings. The van der Waals surface area contributed by atoms with Crippen molar-refractivity contribution in [2.45, 2.75) is 18.6 Å². The third-order valence-corrected chi connectivity index (χ3v) is 3.23. The number of ketones is 1. The molecule has 0 aliphatic heterocycles. The van der Waals surface area contributed by atoms with Gasteiger partial charge in [0.2, 0.25) is 0 Å². The second-order valence-electron chi connectivity index (χ2n) is 4.12. The van der Waals surface area contributed by atoms with Crippen LogP contribution in [0.15, 0.2) is 18.2 Å². The van der Waals surface area contributed by atoms with E-state index in [1.54, 1.807) is 0 Å². The van der Waals surface area contributed by atoms with E-state index in [0.29, 0.717) is 0 Å². The van der Waals surface area contributed by atoms with E-state index in [2.05, 4.69) is 0 Å². The van der Waals surface area contributed by atoms with E-state index in [4.69, 9.17) is 28.3 Å². The van der Waals surface area contributed by atoms with Crippen molar-refractivity contribution < 1.29 is 32.7 Å². The Hall–Kier alpha value is -1.80. The number of carboxylic acid groups (broad SMARTS) is 1. The lowest BCUT2D eigenvalue weighted by molar-refractivity contribution is -0.175. The largest absolute Gasteiger partial charge is 0.480 e. The molecule has 0 fully saturated rings. The van der Waals surface area contributed by atoms with Gasteiger partial charge in [-0.25, -0.2) is 4.79 Å². The topological polar surface area (TPSA) is 83.5 Å². The van der Waals surface area contributed by atoms with Crippen LogP contribution in [0.4, 0.5) is 13.2 Å². The number of rotatable bonds is 5. The van der Waals surface area contributed by atoms with E-state index < -0.39 is 36.3 Å². The summed E-state index contributed by atoms with van der Waals surface area (Å²) in [6.07, 6.45) is -6.12. The highest BCUT2D eigenvalue weighted by Crippen LogP contribution is 2.23. The first kappa shape index (κ1) is 18.2. The number of carbonyl (C=O) groups excluding carboxylic acids is 2. The Morgan fingerprint density at radius 2 is 1.77 bits per heavy atom. The molecular formula is C12H8Cl2F3NO4. The number of alkyl halides is 3. The van der Waals surface area contributed by atoms with Crippen LogP contribution < -0.4 is 5.32 Å². The van der Waals surface area contributed by atoms with Crippen LogP contribution in [0.2, 0.25) is 10.0 Å². The van der Waals surface area contributed by atoms with E-state index in [-0.39, 0.29) is 15.6 Å². The third-order valence-electron chi connectivity index (χ3n) is 2.49. The predicted molar refractivity (Wildman–Crippen MR) is 71.0 cm³/mol. The van der Waals surface area contributed by atoms with Crippen molar-refractivity contribution in [3.63, 3.8) is 0 Å². The molecule has 1 amide bonds. The van der Waals surface area contributed by atoms with Gasteiger partial charge in [-0.05, 0) is 18.2 Å². The molecule has 0 saturated heterocycles. The molecule has 0 aliphatic carbocycles. The quantitative estimate of drug-likeness (QED) is 0.793. The van der Waals surface area contributed by atoms with Crippen molar-refractivity contribution in [2.24, 2.45) is 0 Å². The SMILES string of the molecule is O=C(C[C@@H](NC(=O)C(F)(F)F)C(=O)O)c1ccc(Cl)c(Cl)c1. The number of halogens is 5. The molecule has 0 unspecified atom stereocenters. The highest BCUT2D eigenvalue weighted by atomic mass is 35.5. The van der Waals surface area contributed by atoms with E-state index in [1.807, 2.05) is 0 Å². The van der Waals surface area contributed by atoms with Crippen molar-refractivity contribution in [3.05, 3.63) is 33.8 Å². The summed E-state index contributed by atoms with van der Waals surface area (Å²) in [5.74, 6) is -5.03. The molecule has 10 heteroatoms. The van der Waals surface area contributed by atoms with E-state index in [1.165, 1.54) is 17.4 Å². The van der Waals surface area contributed by atoms with Crippen LogP contribution in [0.5, 0.6) is 0 Å². The van der Waals surface area contributed by atoms with E-state index in [0.717, 1.165) is 6.07 Å². The fourth-order valence-electron chi connectivity index (χ4n) is 1.41. The smallest absolute Gasteiger partial charge is 0.471 e. The van der Waals surface area contributed by atoms with Crippen LogP contribution in [-0.4, -0.2) is 35.0 Å². The predicted octanol–water partition coefficient (Wildman–Crippen LogP) is 2.70. The zero-order chi connectivity index (χ0) is 17.1. The second kappa shape index (κ2) is 6.97. The van der Waals surface area contributed by atoms with Gasteiger partial charge < -0.3 is 10.4 Å². The van der Waals surface area contributed by atoms with Crippen LogP contribution in [-0.2, 0) is 9.59 Å². The molecule has 1 atom stereocenters. The monoisotopic (exact) mass is 357 g/mol. The summed E-state index contributed by atoms with van der Waals surface area (Å²) in [7, 11) is 0. The minimum Gasteiger partial charge on any atom is -0.480 e. The Balaban J connectivity index is 2.87. The summed E-state index contributed by atoms with van der Waals surface area (Å²) in [6, 6.07) is 1.65. The van der Waals surface area contributed by atoms with Crippen molar-refractivity contribution in [2.75, 3.05) is 0 Å². The number of Topliss-reactive ketones (excluding diaryl/α,β-unsaturated/α-hetero) is 1. The maximum atomic E-state index is 12.1. The Morgan fingerprint density at radius 1 is 1.18 bits per heavy atom. The number of nitrogens with one attached hydrogen (secondary N) is 1. The normalized spacial score (nSPS) is 12.6. The van der Waals surface area contributed by atoms with Crippen molar-refractivity contribution in [1.29, 1.82) is 0 Å². The molecule has 120 valence electrons. The zero-order valence-electron chi connectivity index (χ0n) is 10.6. The highest BCUT2D eigenvalue weighted by Gasteiger charge is 2.41.